The van der Waals surface area contributed by atoms with Gasteiger partial charge in [-0.15, -0.1) is 0 Å². The van der Waals surface area contributed by atoms with E-state index < -0.39 is 10.0 Å². The summed E-state index contributed by atoms with van der Waals surface area (Å²) >= 11 is 3.40. The number of sulfonamides is 1. The molecule has 0 aliphatic carbocycles. The molecule has 0 unspecified atom stereocenters. The van der Waals surface area contributed by atoms with Gasteiger partial charge in [-0.2, -0.15) is 4.31 Å². The molecule has 0 spiro atoms. The Morgan fingerprint density at radius 2 is 1.76 bits per heavy atom. The van der Waals surface area contributed by atoms with Crippen LogP contribution in [0.2, 0.25) is 0 Å². The van der Waals surface area contributed by atoms with Crippen molar-refractivity contribution in [1.29, 1.82) is 0 Å². The third kappa shape index (κ3) is 5.16. The smallest absolute Gasteiger partial charge is 0.255 e. The van der Waals surface area contributed by atoms with Crippen LogP contribution in [0.4, 0.5) is 5.69 Å². The molecular formula is C20H24BrN3O4S. The zero-order valence-electron chi connectivity index (χ0n) is 16.4. The lowest BCUT2D eigenvalue weighted by atomic mass is 10.2. The van der Waals surface area contributed by atoms with Gasteiger partial charge in [-0.3, -0.25) is 4.79 Å². The first-order chi connectivity index (χ1) is 13.8. The van der Waals surface area contributed by atoms with E-state index in [1.165, 1.54) is 16.4 Å². The number of likely N-dealkylation sites (N-methyl/N-ethyl adjacent to an activating group) is 1. The molecule has 0 bridgehead atoms. The second-order valence-corrected chi connectivity index (χ2v) is 9.56. The summed E-state index contributed by atoms with van der Waals surface area (Å²) in [7, 11) is -1.55. The zero-order chi connectivity index (χ0) is 21.0. The van der Waals surface area contributed by atoms with E-state index in [9.17, 15) is 13.2 Å². The summed E-state index contributed by atoms with van der Waals surface area (Å²) in [6.07, 6.45) is 0. The first kappa shape index (κ1) is 21.8. The molecule has 7 nitrogen and oxygen atoms in total. The average molecular weight is 482 g/mol. The fraction of sp³-hybridized carbons (Fsp3) is 0.350. The Hall–Kier alpha value is -1.94. The second-order valence-electron chi connectivity index (χ2n) is 6.76. The van der Waals surface area contributed by atoms with Crippen molar-refractivity contribution < 1.29 is 17.9 Å². The normalized spacial score (nSPS) is 15.8. The fourth-order valence-electron chi connectivity index (χ4n) is 3.01. The molecule has 1 aliphatic heterocycles. The lowest BCUT2D eigenvalue weighted by Gasteiger charge is -2.31. The van der Waals surface area contributed by atoms with Crippen molar-refractivity contribution in [2.45, 2.75) is 11.8 Å². The van der Waals surface area contributed by atoms with E-state index in [-0.39, 0.29) is 10.8 Å². The fourth-order valence-corrected chi connectivity index (χ4v) is 4.92. The van der Waals surface area contributed by atoms with Gasteiger partial charge >= 0.3 is 0 Å². The molecule has 2 aromatic carbocycles. The zero-order valence-corrected chi connectivity index (χ0v) is 18.8. The molecule has 29 heavy (non-hydrogen) atoms. The van der Waals surface area contributed by atoms with Crippen LogP contribution in [0, 0.1) is 0 Å². The monoisotopic (exact) mass is 481 g/mol. The van der Waals surface area contributed by atoms with Gasteiger partial charge in [-0.25, -0.2) is 8.42 Å². The highest BCUT2D eigenvalue weighted by Crippen LogP contribution is 2.26. The first-order valence-corrected chi connectivity index (χ1v) is 11.6. The molecule has 1 saturated heterocycles. The minimum Gasteiger partial charge on any atom is -0.493 e. The molecule has 2 aromatic rings. The standard InChI is InChI=1S/C20H24BrN3O4S/c1-3-28-19-9-4-15(14-18(19)21)20(25)22-16-5-7-17(8-6-16)29(26,27)24-12-10-23(2)11-13-24/h4-9,14H,3,10-13H2,1-2H3,(H,22,25). The van der Waals surface area contributed by atoms with Gasteiger partial charge in [-0.05, 0) is 72.4 Å². The highest BCUT2D eigenvalue weighted by molar-refractivity contribution is 9.10. The predicted octanol–water partition coefficient (Wildman–Crippen LogP) is 3.04. The van der Waals surface area contributed by atoms with Crippen molar-refractivity contribution in [3.8, 4) is 5.75 Å². The van der Waals surface area contributed by atoms with Gasteiger partial charge in [0.05, 0.1) is 16.0 Å². The number of anilines is 1. The summed E-state index contributed by atoms with van der Waals surface area (Å²) in [5.41, 5.74) is 0.992. The van der Waals surface area contributed by atoms with E-state index in [0.717, 1.165) is 0 Å². The molecule has 1 aliphatic rings. The van der Waals surface area contributed by atoms with E-state index in [1.54, 1.807) is 30.3 Å². The summed E-state index contributed by atoms with van der Waals surface area (Å²) in [4.78, 5) is 14.8. The Labute approximate surface area is 179 Å². The van der Waals surface area contributed by atoms with Gasteiger partial charge in [0.2, 0.25) is 10.0 Å². The molecular weight excluding hydrogens is 458 g/mol. The molecule has 1 heterocycles. The van der Waals surface area contributed by atoms with Crippen molar-refractivity contribution >= 4 is 37.5 Å². The molecule has 0 radical (unpaired) electrons. The molecule has 0 aromatic heterocycles. The van der Waals surface area contributed by atoms with E-state index in [2.05, 4.69) is 26.1 Å². The van der Waals surface area contributed by atoms with E-state index in [4.69, 9.17) is 4.74 Å². The molecule has 0 atom stereocenters. The molecule has 1 N–H and O–H groups in total. The summed E-state index contributed by atoms with van der Waals surface area (Å²) in [6, 6.07) is 11.3. The Morgan fingerprint density at radius 1 is 1.10 bits per heavy atom. The van der Waals surface area contributed by atoms with Crippen LogP contribution < -0.4 is 10.1 Å². The van der Waals surface area contributed by atoms with Crippen LogP contribution in [-0.2, 0) is 10.0 Å². The maximum atomic E-state index is 12.8. The van der Waals surface area contributed by atoms with Crippen LogP contribution in [0.25, 0.3) is 0 Å². The van der Waals surface area contributed by atoms with Gasteiger partial charge in [0.1, 0.15) is 5.75 Å². The number of hydrogen-bond donors (Lipinski definition) is 1. The second kappa shape index (κ2) is 9.25. The largest absolute Gasteiger partial charge is 0.493 e. The number of nitrogens with zero attached hydrogens (tertiary/aromatic N) is 2. The van der Waals surface area contributed by atoms with E-state index in [0.29, 0.717) is 54.3 Å². The molecule has 156 valence electrons. The number of carbonyl (C=O) groups is 1. The highest BCUT2D eigenvalue weighted by Gasteiger charge is 2.27. The minimum atomic E-state index is -3.52. The Bertz CT molecular complexity index is 972. The van der Waals surface area contributed by atoms with Gasteiger partial charge < -0.3 is 15.0 Å². The molecule has 1 amide bonds. The minimum absolute atomic E-state index is 0.226. The third-order valence-electron chi connectivity index (χ3n) is 4.71. The lowest BCUT2D eigenvalue weighted by Crippen LogP contribution is -2.46. The van der Waals surface area contributed by atoms with Crippen molar-refractivity contribution in [3.63, 3.8) is 0 Å². The predicted molar refractivity (Wildman–Crippen MR) is 116 cm³/mol. The van der Waals surface area contributed by atoms with Gasteiger partial charge in [0, 0.05) is 37.4 Å². The topological polar surface area (TPSA) is 78.9 Å². The summed E-state index contributed by atoms with van der Waals surface area (Å²) in [5, 5.41) is 2.79. The number of piperazine rings is 1. The SMILES string of the molecule is CCOc1ccc(C(=O)Nc2ccc(S(=O)(=O)N3CCN(C)CC3)cc2)cc1Br. The Balaban J connectivity index is 1.69. The number of hydrogen-bond acceptors (Lipinski definition) is 5. The number of halogens is 1. The van der Waals surface area contributed by atoms with Crippen LogP contribution in [0.1, 0.15) is 17.3 Å². The number of amides is 1. The quantitative estimate of drug-likeness (QED) is 0.685. The number of carbonyl (C=O) groups excluding carboxylic acids is 1. The molecule has 3 rings (SSSR count). The summed E-state index contributed by atoms with van der Waals surface area (Å²) in [5.74, 6) is 0.380. The van der Waals surface area contributed by atoms with Gasteiger partial charge in [0.15, 0.2) is 0 Å². The van der Waals surface area contributed by atoms with E-state index >= 15 is 0 Å². The van der Waals surface area contributed by atoms with Gasteiger partial charge in [-0.1, -0.05) is 0 Å². The Morgan fingerprint density at radius 3 is 2.34 bits per heavy atom. The van der Waals surface area contributed by atoms with E-state index in [1.807, 2.05) is 14.0 Å². The summed E-state index contributed by atoms with van der Waals surface area (Å²) in [6.45, 7) is 4.80. The number of ether oxygens (including phenoxy) is 1. The van der Waals surface area contributed by atoms with Crippen LogP contribution in [-0.4, -0.2) is 63.4 Å². The molecule has 0 saturated carbocycles. The maximum Gasteiger partial charge on any atom is 0.255 e. The van der Waals surface area contributed by atoms with Crippen LogP contribution in [0.15, 0.2) is 51.8 Å². The Kier molecular flexibility index (Phi) is 6.94. The van der Waals surface area contributed by atoms with Crippen molar-refractivity contribution in [1.82, 2.24) is 9.21 Å². The number of nitrogens with one attached hydrogen (secondary N) is 1. The van der Waals surface area contributed by atoms with Crippen molar-refractivity contribution in [2.24, 2.45) is 0 Å². The average Bonchev–Trinajstić information content (AvgIpc) is 2.70. The number of benzene rings is 2. The molecule has 1 fully saturated rings. The maximum absolute atomic E-state index is 12.8. The van der Waals surface area contributed by atoms with Crippen LogP contribution in [0.3, 0.4) is 0 Å². The van der Waals surface area contributed by atoms with Crippen molar-refractivity contribution in [2.75, 3.05) is 45.2 Å². The van der Waals surface area contributed by atoms with Crippen LogP contribution in [0.5, 0.6) is 5.75 Å². The van der Waals surface area contributed by atoms with Gasteiger partial charge in [0.25, 0.3) is 5.91 Å². The number of rotatable bonds is 6. The van der Waals surface area contributed by atoms with Crippen molar-refractivity contribution in [3.05, 3.63) is 52.5 Å². The lowest BCUT2D eigenvalue weighted by molar-refractivity contribution is 0.102. The first-order valence-electron chi connectivity index (χ1n) is 9.33. The highest BCUT2D eigenvalue weighted by atomic mass is 79.9. The summed E-state index contributed by atoms with van der Waals surface area (Å²) < 4.78 is 33.2. The third-order valence-corrected chi connectivity index (χ3v) is 7.24. The van der Waals surface area contributed by atoms with Crippen LogP contribution >= 0.6 is 15.9 Å². The molecule has 9 heteroatoms.